The average Bonchev–Trinajstić information content (AvgIpc) is 2.44. The Morgan fingerprint density at radius 1 is 1.27 bits per heavy atom. The Hall–Kier alpha value is -0.287. The largest absolute Gasteiger partial charge is 2.00 e. The monoisotopic (exact) mass is 222 g/mol. The van der Waals surface area contributed by atoms with Gasteiger partial charge in [0, 0.05) is 0 Å². The Labute approximate surface area is 88.1 Å². The molecule has 0 bridgehead atoms. The van der Waals surface area contributed by atoms with Crippen molar-refractivity contribution in [3.63, 3.8) is 0 Å². The third-order valence-corrected chi connectivity index (χ3v) is 0.859. The van der Waals surface area contributed by atoms with Crippen molar-refractivity contribution in [1.82, 2.24) is 0 Å². The van der Waals surface area contributed by atoms with Crippen LogP contribution in [0.15, 0.2) is 48.6 Å². The molecule has 0 radical (unpaired) electrons. The first-order chi connectivity index (χ1) is 4.91. The molecule has 0 N–H and O–H groups in total. The fourth-order valence-corrected chi connectivity index (χ4v) is 0.432. The van der Waals surface area contributed by atoms with E-state index in [9.17, 15) is 0 Å². The van der Waals surface area contributed by atoms with Gasteiger partial charge in [-0.2, -0.15) is 24.3 Å². The number of hydrogen-bond acceptors (Lipinski definition) is 0. The maximum atomic E-state index is 4.93. The molecule has 0 fully saturated rings. The van der Waals surface area contributed by atoms with Gasteiger partial charge >= 0.3 is 26.2 Å². The van der Waals surface area contributed by atoms with Crippen LogP contribution in [0.5, 0.6) is 0 Å². The first-order valence-electron chi connectivity index (χ1n) is 3.24. The van der Waals surface area contributed by atoms with Gasteiger partial charge in [0.05, 0.1) is 0 Å². The van der Waals surface area contributed by atoms with E-state index >= 15 is 0 Å². The standard InChI is InChI=1S/C5H5.C5H7.Zr/c1-2-4-5-3-1;1-3-5-4-2;/h1-5H;1,3-5H,2H3;/q2*-1;+2. The van der Waals surface area contributed by atoms with E-state index in [4.69, 9.17) is 6.58 Å². The summed E-state index contributed by atoms with van der Waals surface area (Å²) < 4.78 is 0. The van der Waals surface area contributed by atoms with Crippen LogP contribution in [-0.2, 0) is 26.2 Å². The molecule has 11 heavy (non-hydrogen) atoms. The number of hydrogen-bond donors (Lipinski definition) is 0. The van der Waals surface area contributed by atoms with Crippen LogP contribution in [0.25, 0.3) is 0 Å². The summed E-state index contributed by atoms with van der Waals surface area (Å²) in [6.07, 6.45) is 5.15. The van der Waals surface area contributed by atoms with E-state index in [1.54, 1.807) is 6.08 Å². The van der Waals surface area contributed by atoms with Crippen LogP contribution >= 0.6 is 0 Å². The van der Waals surface area contributed by atoms with Gasteiger partial charge in [0.15, 0.2) is 0 Å². The maximum absolute atomic E-state index is 4.93. The van der Waals surface area contributed by atoms with E-state index in [0.717, 1.165) is 0 Å². The van der Waals surface area contributed by atoms with Crippen molar-refractivity contribution in [3.8, 4) is 0 Å². The third-order valence-electron chi connectivity index (χ3n) is 0.859. The summed E-state index contributed by atoms with van der Waals surface area (Å²) in [5.41, 5.74) is 0. The van der Waals surface area contributed by atoms with Gasteiger partial charge in [-0.25, -0.2) is 24.3 Å². The SMILES string of the molecule is [CH-]=CC=CC.[Zr+2].c1cc[cH-]c1. The summed E-state index contributed by atoms with van der Waals surface area (Å²) in [5, 5.41) is 0. The van der Waals surface area contributed by atoms with Gasteiger partial charge in [0.1, 0.15) is 0 Å². The molecule has 1 rings (SSSR count). The Bertz CT molecular complexity index is 144. The molecular formula is C10H12Zr. The molecule has 1 aromatic rings. The molecule has 0 saturated heterocycles. The van der Waals surface area contributed by atoms with Crippen molar-refractivity contribution < 1.29 is 26.2 Å². The summed E-state index contributed by atoms with van der Waals surface area (Å²) in [4.78, 5) is 0. The molecule has 0 nitrogen and oxygen atoms in total. The van der Waals surface area contributed by atoms with Gasteiger partial charge < -0.3 is 0 Å². The smallest absolute Gasteiger partial charge is 0.293 e. The predicted octanol–water partition coefficient (Wildman–Crippen LogP) is 2.95. The van der Waals surface area contributed by atoms with Gasteiger partial charge in [-0.05, 0) is 0 Å². The molecule has 0 amide bonds. The van der Waals surface area contributed by atoms with Crippen molar-refractivity contribution in [2.24, 2.45) is 0 Å². The van der Waals surface area contributed by atoms with Crippen LogP contribution in [-0.4, -0.2) is 0 Å². The van der Waals surface area contributed by atoms with Gasteiger partial charge in [-0.1, -0.05) is 6.92 Å². The second kappa shape index (κ2) is 12.4. The fourth-order valence-electron chi connectivity index (χ4n) is 0.432. The minimum atomic E-state index is 0. The molecule has 0 spiro atoms. The first kappa shape index (κ1) is 13.3. The second-order valence-corrected chi connectivity index (χ2v) is 1.68. The zero-order valence-electron chi connectivity index (χ0n) is 6.70. The van der Waals surface area contributed by atoms with Gasteiger partial charge in [-0.15, -0.1) is 0 Å². The molecule has 56 valence electrons. The quantitative estimate of drug-likeness (QED) is 0.507. The topological polar surface area (TPSA) is 0 Å². The average molecular weight is 223 g/mol. The van der Waals surface area contributed by atoms with Gasteiger partial charge in [0.2, 0.25) is 0 Å². The van der Waals surface area contributed by atoms with Crippen LogP contribution in [0.4, 0.5) is 0 Å². The van der Waals surface area contributed by atoms with E-state index in [1.165, 1.54) is 6.08 Å². The van der Waals surface area contributed by atoms with Gasteiger partial charge in [0.25, 0.3) is 0 Å². The summed E-state index contributed by atoms with van der Waals surface area (Å²) in [5.74, 6) is 0. The number of rotatable bonds is 1. The molecule has 0 aromatic heterocycles. The van der Waals surface area contributed by atoms with Crippen LogP contribution in [0.1, 0.15) is 6.92 Å². The summed E-state index contributed by atoms with van der Waals surface area (Å²) in [6, 6.07) is 10.0. The Morgan fingerprint density at radius 3 is 1.91 bits per heavy atom. The molecular weight excluding hydrogens is 211 g/mol. The first-order valence-corrected chi connectivity index (χ1v) is 3.24. The number of allylic oxidation sites excluding steroid dienone is 3. The molecule has 0 saturated carbocycles. The Balaban J connectivity index is 0. The summed E-state index contributed by atoms with van der Waals surface area (Å²) in [6.45, 7) is 6.85. The minimum absolute atomic E-state index is 0. The minimum Gasteiger partial charge on any atom is -0.293 e. The molecule has 0 unspecified atom stereocenters. The van der Waals surface area contributed by atoms with Crippen molar-refractivity contribution in [1.29, 1.82) is 0 Å². The predicted molar refractivity (Wildman–Crippen MR) is 45.7 cm³/mol. The maximum Gasteiger partial charge on any atom is 2.00 e. The van der Waals surface area contributed by atoms with Crippen LogP contribution in [0.2, 0.25) is 0 Å². The van der Waals surface area contributed by atoms with Crippen LogP contribution < -0.4 is 0 Å². The zero-order valence-corrected chi connectivity index (χ0v) is 9.15. The molecule has 0 aliphatic carbocycles. The molecule has 0 heterocycles. The van der Waals surface area contributed by atoms with Crippen LogP contribution in [0.3, 0.4) is 0 Å². The Morgan fingerprint density at radius 2 is 1.82 bits per heavy atom. The normalized spacial score (nSPS) is 7.73. The van der Waals surface area contributed by atoms with E-state index in [2.05, 4.69) is 0 Å². The van der Waals surface area contributed by atoms with E-state index < -0.39 is 0 Å². The van der Waals surface area contributed by atoms with E-state index in [-0.39, 0.29) is 26.2 Å². The van der Waals surface area contributed by atoms with Crippen molar-refractivity contribution in [2.75, 3.05) is 0 Å². The van der Waals surface area contributed by atoms with Crippen molar-refractivity contribution in [3.05, 3.63) is 55.1 Å². The molecule has 0 aliphatic heterocycles. The fraction of sp³-hybridized carbons (Fsp3) is 0.100. The van der Waals surface area contributed by atoms with Crippen molar-refractivity contribution in [2.45, 2.75) is 6.92 Å². The van der Waals surface area contributed by atoms with Crippen LogP contribution in [0, 0.1) is 6.58 Å². The second-order valence-electron chi connectivity index (χ2n) is 1.68. The summed E-state index contributed by atoms with van der Waals surface area (Å²) in [7, 11) is 0. The molecule has 1 heteroatoms. The van der Waals surface area contributed by atoms with Crippen molar-refractivity contribution >= 4 is 0 Å². The van der Waals surface area contributed by atoms with E-state index in [1.807, 2.05) is 43.3 Å². The Kier molecular flexibility index (Phi) is 15.0. The van der Waals surface area contributed by atoms with Gasteiger partial charge in [-0.3, -0.25) is 6.58 Å². The zero-order chi connectivity index (χ0) is 7.66. The third kappa shape index (κ3) is 12.8. The van der Waals surface area contributed by atoms with E-state index in [0.29, 0.717) is 0 Å². The molecule has 0 atom stereocenters. The summed E-state index contributed by atoms with van der Waals surface area (Å²) >= 11 is 0. The molecule has 1 aromatic carbocycles. The molecule has 0 aliphatic rings.